The highest BCUT2D eigenvalue weighted by Crippen LogP contribution is 2.17. The molecule has 0 saturated carbocycles. The minimum absolute atomic E-state index is 0.00911. The second kappa shape index (κ2) is 8.77. The first kappa shape index (κ1) is 17.6. The number of piperidine rings is 1. The molecule has 0 unspecified atom stereocenters. The van der Waals surface area contributed by atoms with E-state index in [2.05, 4.69) is 5.32 Å². The number of nitrogens with one attached hydrogen (secondary N) is 1. The molecule has 1 saturated heterocycles. The van der Waals surface area contributed by atoms with Crippen molar-refractivity contribution in [2.24, 2.45) is 5.92 Å². The number of hydrogen-bond acceptors (Lipinski definition) is 3. The monoisotopic (exact) mass is 320 g/mol. The van der Waals surface area contributed by atoms with Crippen LogP contribution in [0.1, 0.15) is 25.3 Å². The number of amides is 2. The average Bonchev–Trinajstić information content (AvgIpc) is 2.55. The molecule has 1 heterocycles. The van der Waals surface area contributed by atoms with Crippen molar-refractivity contribution in [3.8, 4) is 5.75 Å². The minimum Gasteiger partial charge on any atom is -0.489 e. The molecule has 0 radical (unpaired) electrons. The maximum Gasteiger partial charge on any atom is 0.317 e. The Hall–Kier alpha value is -1.75. The molecule has 2 rings (SSSR count). The summed E-state index contributed by atoms with van der Waals surface area (Å²) in [5, 5.41) is 2.97. The van der Waals surface area contributed by atoms with Gasteiger partial charge < -0.3 is 19.7 Å². The summed E-state index contributed by atoms with van der Waals surface area (Å²) in [4.78, 5) is 14.1. The molecule has 1 fully saturated rings. The summed E-state index contributed by atoms with van der Waals surface area (Å²) in [7, 11) is 1.71. The first-order valence-electron chi connectivity index (χ1n) is 8.33. The van der Waals surface area contributed by atoms with E-state index in [9.17, 15) is 4.79 Å². The van der Waals surface area contributed by atoms with E-state index in [1.54, 1.807) is 7.11 Å². The predicted octanol–water partition coefficient (Wildman–Crippen LogP) is 2.83. The van der Waals surface area contributed by atoms with E-state index < -0.39 is 0 Å². The van der Waals surface area contributed by atoms with Crippen LogP contribution in [-0.4, -0.2) is 50.4 Å². The highest BCUT2D eigenvalue weighted by atomic mass is 16.5. The third-order valence-electron chi connectivity index (χ3n) is 4.11. The molecule has 1 aliphatic rings. The normalized spacial score (nSPS) is 19.3. The van der Waals surface area contributed by atoms with E-state index in [0.29, 0.717) is 12.5 Å². The van der Waals surface area contributed by atoms with Crippen LogP contribution >= 0.6 is 0 Å². The van der Waals surface area contributed by atoms with Gasteiger partial charge in [-0.2, -0.15) is 0 Å². The highest BCUT2D eigenvalue weighted by Gasteiger charge is 2.23. The van der Waals surface area contributed by atoms with Crippen LogP contribution < -0.4 is 10.1 Å². The summed E-state index contributed by atoms with van der Waals surface area (Å²) in [5.74, 6) is 1.27. The number of urea groups is 1. The van der Waals surface area contributed by atoms with Gasteiger partial charge in [0.05, 0.1) is 13.2 Å². The van der Waals surface area contributed by atoms with E-state index in [1.165, 1.54) is 5.56 Å². The van der Waals surface area contributed by atoms with Crippen LogP contribution in [0.15, 0.2) is 24.3 Å². The number of benzene rings is 1. The summed E-state index contributed by atoms with van der Waals surface area (Å²) >= 11 is 0. The van der Waals surface area contributed by atoms with Crippen molar-refractivity contribution >= 4 is 6.03 Å². The molecular formula is C18H28N2O3. The molecule has 2 atom stereocenters. The maximum absolute atomic E-state index is 12.3. The van der Waals surface area contributed by atoms with Crippen LogP contribution in [0.25, 0.3) is 0 Å². The van der Waals surface area contributed by atoms with Crippen LogP contribution in [0.2, 0.25) is 0 Å². The summed E-state index contributed by atoms with van der Waals surface area (Å²) in [6.45, 7) is 6.81. The molecule has 0 bridgehead atoms. The Bertz CT molecular complexity index is 488. The van der Waals surface area contributed by atoms with Gasteiger partial charge in [0.2, 0.25) is 0 Å². The number of hydrogen-bond donors (Lipinski definition) is 1. The fraction of sp³-hybridized carbons (Fsp3) is 0.611. The Morgan fingerprint density at radius 1 is 1.39 bits per heavy atom. The summed E-state index contributed by atoms with van der Waals surface area (Å²) in [6.07, 6.45) is 2.10. The Morgan fingerprint density at radius 3 is 2.83 bits per heavy atom. The molecule has 0 aromatic heterocycles. The zero-order valence-corrected chi connectivity index (χ0v) is 14.4. The number of aryl methyl sites for hydroxylation is 1. The Morgan fingerprint density at radius 2 is 2.13 bits per heavy atom. The minimum atomic E-state index is -0.0683. The van der Waals surface area contributed by atoms with E-state index in [0.717, 1.165) is 38.3 Å². The van der Waals surface area contributed by atoms with Crippen LogP contribution in [0.3, 0.4) is 0 Å². The van der Waals surface area contributed by atoms with E-state index in [1.807, 2.05) is 43.0 Å². The third-order valence-corrected chi connectivity index (χ3v) is 4.11. The topological polar surface area (TPSA) is 50.8 Å². The fourth-order valence-corrected chi connectivity index (χ4v) is 2.85. The van der Waals surface area contributed by atoms with Crippen LogP contribution in [0, 0.1) is 12.8 Å². The van der Waals surface area contributed by atoms with E-state index in [4.69, 9.17) is 9.47 Å². The Kier molecular flexibility index (Phi) is 6.71. The molecule has 1 aliphatic heterocycles. The van der Waals surface area contributed by atoms with Crippen molar-refractivity contribution in [3.05, 3.63) is 29.8 Å². The van der Waals surface area contributed by atoms with Gasteiger partial charge in [-0.05, 0) is 38.8 Å². The molecule has 5 heteroatoms. The van der Waals surface area contributed by atoms with Gasteiger partial charge in [-0.15, -0.1) is 0 Å². The number of rotatable bonds is 6. The molecular weight excluding hydrogens is 292 g/mol. The van der Waals surface area contributed by atoms with Gasteiger partial charge in [-0.3, -0.25) is 0 Å². The molecule has 0 aliphatic carbocycles. The van der Waals surface area contributed by atoms with Gasteiger partial charge in [-0.1, -0.05) is 17.7 Å². The SMILES string of the molecule is COC[C@H]1CCCN(C(=O)NC[C@@H](C)Oc2ccc(C)cc2)C1. The maximum atomic E-state index is 12.3. The third kappa shape index (κ3) is 5.75. The predicted molar refractivity (Wildman–Crippen MR) is 90.8 cm³/mol. The number of carbonyl (C=O) groups is 1. The van der Waals surface area contributed by atoms with Gasteiger partial charge in [0.1, 0.15) is 11.9 Å². The van der Waals surface area contributed by atoms with Crippen LogP contribution in [0.4, 0.5) is 4.79 Å². The number of ether oxygens (including phenoxy) is 2. The fourth-order valence-electron chi connectivity index (χ4n) is 2.85. The Labute approximate surface area is 139 Å². The first-order valence-corrected chi connectivity index (χ1v) is 8.33. The van der Waals surface area contributed by atoms with Crippen molar-refractivity contribution in [3.63, 3.8) is 0 Å². The van der Waals surface area contributed by atoms with Gasteiger partial charge >= 0.3 is 6.03 Å². The first-order chi connectivity index (χ1) is 11.1. The molecule has 1 aromatic carbocycles. The summed E-state index contributed by atoms with van der Waals surface area (Å²) in [5.41, 5.74) is 1.20. The van der Waals surface area contributed by atoms with Gasteiger partial charge in [0.25, 0.3) is 0 Å². The van der Waals surface area contributed by atoms with E-state index >= 15 is 0 Å². The van der Waals surface area contributed by atoms with Crippen molar-refractivity contribution in [1.29, 1.82) is 0 Å². The molecule has 2 amide bonds. The second-order valence-electron chi connectivity index (χ2n) is 6.34. The quantitative estimate of drug-likeness (QED) is 0.877. The number of methoxy groups -OCH3 is 1. The van der Waals surface area contributed by atoms with Crippen molar-refractivity contribution < 1.29 is 14.3 Å². The summed E-state index contributed by atoms with van der Waals surface area (Å²) < 4.78 is 11.0. The van der Waals surface area contributed by atoms with E-state index in [-0.39, 0.29) is 12.1 Å². The molecule has 23 heavy (non-hydrogen) atoms. The highest BCUT2D eigenvalue weighted by molar-refractivity contribution is 5.74. The van der Waals surface area contributed by atoms with Gasteiger partial charge in [0.15, 0.2) is 0 Å². The number of likely N-dealkylation sites (tertiary alicyclic amines) is 1. The van der Waals surface area contributed by atoms with Crippen LogP contribution in [-0.2, 0) is 4.74 Å². The molecule has 0 spiro atoms. The largest absolute Gasteiger partial charge is 0.489 e. The van der Waals surface area contributed by atoms with Gasteiger partial charge in [-0.25, -0.2) is 4.79 Å². The van der Waals surface area contributed by atoms with Crippen LogP contribution in [0.5, 0.6) is 5.75 Å². The number of nitrogens with zero attached hydrogens (tertiary/aromatic N) is 1. The van der Waals surface area contributed by atoms with Crippen molar-refractivity contribution in [1.82, 2.24) is 10.2 Å². The molecule has 5 nitrogen and oxygen atoms in total. The average molecular weight is 320 g/mol. The lowest BCUT2D eigenvalue weighted by molar-refractivity contribution is 0.0992. The Balaban J connectivity index is 1.73. The lowest BCUT2D eigenvalue weighted by Gasteiger charge is -2.32. The zero-order valence-electron chi connectivity index (χ0n) is 14.4. The lowest BCUT2D eigenvalue weighted by atomic mass is 9.99. The summed E-state index contributed by atoms with van der Waals surface area (Å²) in [6, 6.07) is 7.93. The lowest BCUT2D eigenvalue weighted by Crippen LogP contribution is -2.48. The zero-order chi connectivity index (χ0) is 16.7. The molecule has 1 N–H and O–H groups in total. The van der Waals surface area contributed by atoms with Gasteiger partial charge in [0, 0.05) is 26.1 Å². The van der Waals surface area contributed by atoms with Crippen molar-refractivity contribution in [2.45, 2.75) is 32.8 Å². The van der Waals surface area contributed by atoms with Crippen molar-refractivity contribution in [2.75, 3.05) is 33.4 Å². The number of carbonyl (C=O) groups excluding carboxylic acids is 1. The smallest absolute Gasteiger partial charge is 0.317 e. The molecule has 128 valence electrons. The standard InChI is InChI=1S/C18H28N2O3/c1-14-6-8-17(9-7-14)23-15(2)11-19-18(21)20-10-4-5-16(12-20)13-22-3/h6-9,15-16H,4-5,10-13H2,1-3H3,(H,19,21)/t15-,16+/m1/s1. The molecule has 1 aromatic rings. The second-order valence-corrected chi connectivity index (χ2v) is 6.34.